The lowest BCUT2D eigenvalue weighted by Crippen LogP contribution is -2.55. The molecule has 0 bridgehead atoms. The lowest BCUT2D eigenvalue weighted by molar-refractivity contribution is -0.161. The first-order valence-corrected chi connectivity index (χ1v) is 6.65. The Morgan fingerprint density at radius 1 is 1.16 bits per heavy atom. The summed E-state index contributed by atoms with van der Waals surface area (Å²) in [4.78, 5) is 11.9. The molecule has 2 aliphatic rings. The van der Waals surface area contributed by atoms with E-state index >= 15 is 0 Å². The molecule has 0 radical (unpaired) electrons. The van der Waals surface area contributed by atoms with Crippen LogP contribution in [-0.4, -0.2) is 43.9 Å². The first kappa shape index (κ1) is 14.6. The summed E-state index contributed by atoms with van der Waals surface area (Å²) < 4.78 is 42.5. The molecule has 2 rings (SSSR count). The van der Waals surface area contributed by atoms with Gasteiger partial charge in [0.1, 0.15) is 6.04 Å². The highest BCUT2D eigenvalue weighted by Gasteiger charge is 2.41. The molecule has 0 aliphatic carbocycles. The van der Waals surface area contributed by atoms with Gasteiger partial charge in [-0.3, -0.25) is 4.79 Å². The Balaban J connectivity index is 1.74. The van der Waals surface area contributed by atoms with E-state index in [1.165, 1.54) is 0 Å². The van der Waals surface area contributed by atoms with Gasteiger partial charge in [0, 0.05) is 31.7 Å². The van der Waals surface area contributed by atoms with E-state index in [2.05, 4.69) is 10.6 Å². The van der Waals surface area contributed by atoms with Crippen LogP contribution in [-0.2, 0) is 9.53 Å². The normalized spacial score (nSPS) is 30.1. The minimum absolute atomic E-state index is 0.0161. The first-order valence-electron chi connectivity index (χ1n) is 6.65. The summed E-state index contributed by atoms with van der Waals surface area (Å²) in [5.41, 5.74) is 0. The molecule has 2 atom stereocenters. The molecule has 2 N–H and O–H groups in total. The number of carbonyl (C=O) groups excluding carboxylic acids is 1. The van der Waals surface area contributed by atoms with E-state index in [-0.39, 0.29) is 30.8 Å². The summed E-state index contributed by atoms with van der Waals surface area (Å²) in [6.07, 6.45) is -2.43. The Bertz CT molecular complexity index is 309. The molecule has 110 valence electrons. The van der Waals surface area contributed by atoms with Gasteiger partial charge in [0.15, 0.2) is 0 Å². The van der Waals surface area contributed by atoms with Gasteiger partial charge in [-0.1, -0.05) is 0 Å². The molecule has 2 fully saturated rings. The molecule has 0 aromatic rings. The van der Waals surface area contributed by atoms with Crippen molar-refractivity contribution in [1.29, 1.82) is 0 Å². The largest absolute Gasteiger partial charge is 0.403 e. The van der Waals surface area contributed by atoms with Crippen LogP contribution in [0.1, 0.15) is 25.7 Å². The monoisotopic (exact) mass is 280 g/mol. The standard InChI is InChI=1S/C12H19F3N2O2/c13-12(14,15)10-2-1-9(7-16-10)17-11(18)8-3-5-19-6-4-8/h8-10,16H,1-7H2,(H,17,18). The quantitative estimate of drug-likeness (QED) is 0.799. The number of halogens is 3. The molecular formula is C12H19F3N2O2. The number of hydrogen-bond acceptors (Lipinski definition) is 3. The number of hydrogen-bond donors (Lipinski definition) is 2. The van der Waals surface area contributed by atoms with Gasteiger partial charge in [0.05, 0.1) is 0 Å². The Morgan fingerprint density at radius 2 is 1.84 bits per heavy atom. The summed E-state index contributed by atoms with van der Waals surface area (Å²) in [5, 5.41) is 5.29. The van der Waals surface area contributed by atoms with Gasteiger partial charge >= 0.3 is 6.18 Å². The second-order valence-electron chi connectivity index (χ2n) is 5.17. The average molecular weight is 280 g/mol. The van der Waals surface area contributed by atoms with Crippen molar-refractivity contribution >= 4 is 5.91 Å². The smallest absolute Gasteiger partial charge is 0.381 e. The van der Waals surface area contributed by atoms with Crippen LogP contribution in [0.4, 0.5) is 13.2 Å². The summed E-state index contributed by atoms with van der Waals surface area (Å²) in [7, 11) is 0. The molecule has 1 amide bonds. The van der Waals surface area contributed by atoms with Crippen molar-refractivity contribution in [1.82, 2.24) is 10.6 Å². The van der Waals surface area contributed by atoms with Crippen LogP contribution < -0.4 is 10.6 Å². The third-order valence-corrected chi connectivity index (χ3v) is 3.75. The predicted octanol–water partition coefficient (Wildman–Crippen LogP) is 1.21. The molecule has 4 nitrogen and oxygen atoms in total. The highest BCUT2D eigenvalue weighted by molar-refractivity contribution is 5.79. The minimum atomic E-state index is -4.20. The van der Waals surface area contributed by atoms with Crippen LogP contribution in [0.5, 0.6) is 0 Å². The van der Waals surface area contributed by atoms with Gasteiger partial charge in [-0.25, -0.2) is 0 Å². The van der Waals surface area contributed by atoms with Gasteiger partial charge in [0.25, 0.3) is 0 Å². The van der Waals surface area contributed by atoms with Crippen LogP contribution in [0.25, 0.3) is 0 Å². The van der Waals surface area contributed by atoms with E-state index < -0.39 is 12.2 Å². The summed E-state index contributed by atoms with van der Waals surface area (Å²) in [6.45, 7) is 1.34. The lowest BCUT2D eigenvalue weighted by atomic mass is 9.96. The van der Waals surface area contributed by atoms with E-state index in [1.807, 2.05) is 0 Å². The third kappa shape index (κ3) is 4.07. The molecule has 7 heteroatoms. The fourth-order valence-corrected chi connectivity index (χ4v) is 2.54. The maximum atomic E-state index is 12.5. The van der Waals surface area contributed by atoms with E-state index in [0.29, 0.717) is 32.5 Å². The second-order valence-corrected chi connectivity index (χ2v) is 5.17. The topological polar surface area (TPSA) is 50.4 Å². The Kier molecular flexibility index (Phi) is 4.67. The van der Waals surface area contributed by atoms with Gasteiger partial charge in [-0.15, -0.1) is 0 Å². The van der Waals surface area contributed by atoms with E-state index in [9.17, 15) is 18.0 Å². The van der Waals surface area contributed by atoms with Gasteiger partial charge in [-0.2, -0.15) is 13.2 Å². The van der Waals surface area contributed by atoms with E-state index in [0.717, 1.165) is 0 Å². The van der Waals surface area contributed by atoms with Crippen LogP contribution >= 0.6 is 0 Å². The number of nitrogens with one attached hydrogen (secondary N) is 2. The van der Waals surface area contributed by atoms with Crippen molar-refractivity contribution in [3.8, 4) is 0 Å². The lowest BCUT2D eigenvalue weighted by Gasteiger charge is -2.32. The molecule has 0 saturated carbocycles. The van der Waals surface area contributed by atoms with Crippen molar-refractivity contribution in [3.05, 3.63) is 0 Å². The number of rotatable bonds is 2. The number of carbonyl (C=O) groups is 1. The van der Waals surface area contributed by atoms with Crippen molar-refractivity contribution in [3.63, 3.8) is 0 Å². The number of alkyl halides is 3. The van der Waals surface area contributed by atoms with Crippen LogP contribution in [0.15, 0.2) is 0 Å². The zero-order valence-electron chi connectivity index (χ0n) is 10.6. The highest BCUT2D eigenvalue weighted by Crippen LogP contribution is 2.26. The van der Waals surface area contributed by atoms with Crippen molar-refractivity contribution in [2.45, 2.75) is 43.9 Å². The summed E-state index contributed by atoms with van der Waals surface area (Å²) in [6, 6.07) is -1.64. The second kappa shape index (κ2) is 6.09. The Labute approximate surface area is 110 Å². The molecule has 2 aliphatic heterocycles. The molecule has 0 aromatic carbocycles. The molecule has 0 aromatic heterocycles. The van der Waals surface area contributed by atoms with Crippen LogP contribution in [0.3, 0.4) is 0 Å². The van der Waals surface area contributed by atoms with E-state index in [1.54, 1.807) is 0 Å². The van der Waals surface area contributed by atoms with Crippen molar-refractivity contribution in [2.24, 2.45) is 5.92 Å². The minimum Gasteiger partial charge on any atom is -0.381 e. The highest BCUT2D eigenvalue weighted by atomic mass is 19.4. The van der Waals surface area contributed by atoms with Crippen LogP contribution in [0.2, 0.25) is 0 Å². The molecule has 0 spiro atoms. The molecular weight excluding hydrogens is 261 g/mol. The van der Waals surface area contributed by atoms with Gasteiger partial charge in [-0.05, 0) is 25.7 Å². The van der Waals surface area contributed by atoms with Gasteiger partial charge < -0.3 is 15.4 Å². The average Bonchev–Trinajstić information content (AvgIpc) is 2.39. The number of ether oxygens (including phenoxy) is 1. The summed E-state index contributed by atoms with van der Waals surface area (Å²) >= 11 is 0. The SMILES string of the molecule is O=C(NC1CCC(C(F)(F)F)NC1)C1CCOCC1. The van der Waals surface area contributed by atoms with E-state index in [4.69, 9.17) is 4.74 Å². The van der Waals surface area contributed by atoms with Crippen LogP contribution in [0, 0.1) is 5.92 Å². The predicted molar refractivity (Wildman–Crippen MR) is 62.6 cm³/mol. The Morgan fingerprint density at radius 3 is 2.37 bits per heavy atom. The molecule has 19 heavy (non-hydrogen) atoms. The molecule has 2 unspecified atom stereocenters. The molecule has 2 saturated heterocycles. The first-order chi connectivity index (χ1) is 8.97. The third-order valence-electron chi connectivity index (χ3n) is 3.75. The zero-order valence-corrected chi connectivity index (χ0v) is 10.6. The van der Waals surface area contributed by atoms with Crippen molar-refractivity contribution < 1.29 is 22.7 Å². The Hall–Kier alpha value is -0.820. The summed E-state index contributed by atoms with van der Waals surface area (Å²) in [5.74, 6) is -0.116. The molecule has 2 heterocycles. The fourth-order valence-electron chi connectivity index (χ4n) is 2.54. The zero-order chi connectivity index (χ0) is 13.9. The van der Waals surface area contributed by atoms with Gasteiger partial charge in [0.2, 0.25) is 5.91 Å². The number of piperidine rings is 1. The number of amides is 1. The van der Waals surface area contributed by atoms with Crippen molar-refractivity contribution in [2.75, 3.05) is 19.8 Å². The fraction of sp³-hybridized carbons (Fsp3) is 0.917. The maximum Gasteiger partial charge on any atom is 0.403 e. The maximum absolute atomic E-state index is 12.5.